The van der Waals surface area contributed by atoms with Gasteiger partial charge in [0.1, 0.15) is 11.9 Å². The maximum absolute atomic E-state index is 13.2. The molecule has 0 aromatic heterocycles. The summed E-state index contributed by atoms with van der Waals surface area (Å²) in [4.78, 5) is 0. The summed E-state index contributed by atoms with van der Waals surface area (Å²) in [6, 6.07) is 4.10. The summed E-state index contributed by atoms with van der Waals surface area (Å²) in [6.45, 7) is -0.230. The van der Waals surface area contributed by atoms with E-state index in [1.54, 1.807) is 0 Å². The predicted octanol–water partition coefficient (Wildman–Crippen LogP) is 2.19. The van der Waals surface area contributed by atoms with Crippen LogP contribution in [0.3, 0.4) is 0 Å². The number of halogens is 4. The van der Waals surface area contributed by atoms with Crippen LogP contribution >= 0.6 is 11.6 Å². The number of aliphatic hydroxyl groups excluding tert-OH is 1. The predicted molar refractivity (Wildman–Crippen MR) is 55.1 cm³/mol. The van der Waals surface area contributed by atoms with E-state index in [0.717, 1.165) is 6.07 Å². The van der Waals surface area contributed by atoms with E-state index in [1.165, 1.54) is 12.1 Å². The molecule has 0 radical (unpaired) electrons. The number of benzene rings is 1. The molecule has 0 aliphatic rings. The van der Waals surface area contributed by atoms with E-state index >= 15 is 0 Å². The Morgan fingerprint density at radius 3 is 2.62 bits per heavy atom. The van der Waals surface area contributed by atoms with Crippen LogP contribution in [0.25, 0.3) is 0 Å². The summed E-state index contributed by atoms with van der Waals surface area (Å²) < 4.78 is 37.0. The minimum absolute atomic E-state index is 0.0623. The van der Waals surface area contributed by atoms with Gasteiger partial charge in [-0.25, -0.2) is 13.2 Å². The lowest BCUT2D eigenvalue weighted by atomic mass is 10.2. The van der Waals surface area contributed by atoms with Crippen LogP contribution < -0.4 is 5.32 Å². The Balaban J connectivity index is 2.43. The van der Waals surface area contributed by atoms with Crippen molar-refractivity contribution < 1.29 is 18.3 Å². The summed E-state index contributed by atoms with van der Waals surface area (Å²) in [7, 11) is 0. The van der Waals surface area contributed by atoms with Gasteiger partial charge in [-0.05, 0) is 12.1 Å². The monoisotopic (exact) mass is 253 g/mol. The van der Waals surface area contributed by atoms with E-state index in [0.29, 0.717) is 5.56 Å². The van der Waals surface area contributed by atoms with Crippen LogP contribution in [0.5, 0.6) is 0 Å². The van der Waals surface area contributed by atoms with Gasteiger partial charge >= 0.3 is 0 Å². The van der Waals surface area contributed by atoms with Crippen molar-refractivity contribution in [3.8, 4) is 0 Å². The molecule has 0 spiro atoms. The molecule has 0 fully saturated rings. The molecule has 1 rings (SSSR count). The zero-order chi connectivity index (χ0) is 12.1. The molecule has 0 aliphatic heterocycles. The molecule has 0 heterocycles. The van der Waals surface area contributed by atoms with Crippen LogP contribution in [0.2, 0.25) is 5.02 Å². The van der Waals surface area contributed by atoms with E-state index in [-0.39, 0.29) is 18.1 Å². The Morgan fingerprint density at radius 2 is 2.06 bits per heavy atom. The lowest BCUT2D eigenvalue weighted by Crippen LogP contribution is -2.31. The fourth-order valence-corrected chi connectivity index (χ4v) is 1.27. The maximum Gasteiger partial charge on any atom is 0.265 e. The Labute approximate surface area is 96.0 Å². The highest BCUT2D eigenvalue weighted by Gasteiger charge is 2.15. The van der Waals surface area contributed by atoms with E-state index in [1.807, 2.05) is 0 Å². The van der Waals surface area contributed by atoms with Gasteiger partial charge < -0.3 is 10.4 Å². The Morgan fingerprint density at radius 1 is 1.38 bits per heavy atom. The summed E-state index contributed by atoms with van der Waals surface area (Å²) in [5.41, 5.74) is 0.311. The molecule has 6 heteroatoms. The first-order chi connectivity index (χ1) is 7.50. The SMILES string of the molecule is OC(CNCc1ccc(Cl)cc1F)C(F)F. The summed E-state index contributed by atoms with van der Waals surface area (Å²) in [5.74, 6) is -0.508. The van der Waals surface area contributed by atoms with Crippen LogP contribution in [-0.4, -0.2) is 24.2 Å². The van der Waals surface area contributed by atoms with Crippen LogP contribution in [0, 0.1) is 5.82 Å². The number of hydrogen-bond donors (Lipinski definition) is 2. The minimum Gasteiger partial charge on any atom is -0.386 e. The van der Waals surface area contributed by atoms with Crippen molar-refractivity contribution in [2.45, 2.75) is 19.1 Å². The smallest absolute Gasteiger partial charge is 0.265 e. The highest BCUT2D eigenvalue weighted by molar-refractivity contribution is 6.30. The van der Waals surface area contributed by atoms with Crippen molar-refractivity contribution in [1.29, 1.82) is 0 Å². The van der Waals surface area contributed by atoms with Gasteiger partial charge in [0.15, 0.2) is 0 Å². The van der Waals surface area contributed by atoms with Gasteiger partial charge in [-0.1, -0.05) is 17.7 Å². The van der Waals surface area contributed by atoms with Gasteiger partial charge in [0.2, 0.25) is 0 Å². The summed E-state index contributed by atoms with van der Waals surface area (Å²) >= 11 is 5.54. The molecule has 0 saturated heterocycles. The third kappa shape index (κ3) is 4.00. The van der Waals surface area contributed by atoms with Gasteiger partial charge in [-0.2, -0.15) is 0 Å². The molecule has 1 unspecified atom stereocenters. The number of alkyl halides is 2. The first-order valence-electron chi connectivity index (χ1n) is 4.61. The van der Waals surface area contributed by atoms with Gasteiger partial charge in [0, 0.05) is 23.7 Å². The van der Waals surface area contributed by atoms with Gasteiger partial charge in [-0.15, -0.1) is 0 Å². The molecule has 1 aromatic carbocycles. The second kappa shape index (κ2) is 6.08. The van der Waals surface area contributed by atoms with Crippen LogP contribution in [0.4, 0.5) is 13.2 Å². The largest absolute Gasteiger partial charge is 0.386 e. The standard InChI is InChI=1S/C10H11ClF3NO/c11-7-2-1-6(8(12)3-7)4-15-5-9(16)10(13)14/h1-3,9-10,15-16H,4-5H2. The third-order valence-corrected chi connectivity index (χ3v) is 2.21. The average molecular weight is 254 g/mol. The lowest BCUT2D eigenvalue weighted by molar-refractivity contribution is -0.00343. The van der Waals surface area contributed by atoms with Crippen molar-refractivity contribution in [3.05, 3.63) is 34.6 Å². The molecule has 2 nitrogen and oxygen atoms in total. The fraction of sp³-hybridized carbons (Fsp3) is 0.400. The molecule has 2 N–H and O–H groups in total. The van der Waals surface area contributed by atoms with E-state index in [9.17, 15) is 13.2 Å². The average Bonchev–Trinajstić information content (AvgIpc) is 2.20. The molecular formula is C10H11ClF3NO. The number of nitrogens with one attached hydrogen (secondary N) is 1. The first-order valence-corrected chi connectivity index (χ1v) is 4.99. The molecular weight excluding hydrogens is 243 g/mol. The van der Waals surface area contributed by atoms with Gasteiger partial charge in [-0.3, -0.25) is 0 Å². The zero-order valence-electron chi connectivity index (χ0n) is 8.26. The van der Waals surface area contributed by atoms with Crippen molar-refractivity contribution in [2.75, 3.05) is 6.54 Å². The molecule has 0 saturated carbocycles. The van der Waals surface area contributed by atoms with Crippen molar-refractivity contribution in [2.24, 2.45) is 0 Å². The number of rotatable bonds is 5. The number of aliphatic hydroxyl groups is 1. The van der Waals surface area contributed by atoms with Crippen LogP contribution in [-0.2, 0) is 6.54 Å². The Bertz CT molecular complexity index is 349. The molecule has 1 aromatic rings. The normalized spacial score (nSPS) is 13.1. The Hall–Kier alpha value is -0.780. The zero-order valence-corrected chi connectivity index (χ0v) is 9.02. The molecule has 1 atom stereocenters. The van der Waals surface area contributed by atoms with Crippen molar-refractivity contribution in [1.82, 2.24) is 5.32 Å². The van der Waals surface area contributed by atoms with E-state index < -0.39 is 18.3 Å². The minimum atomic E-state index is -2.80. The topological polar surface area (TPSA) is 32.3 Å². The molecule has 0 amide bonds. The third-order valence-electron chi connectivity index (χ3n) is 1.97. The van der Waals surface area contributed by atoms with Crippen LogP contribution in [0.15, 0.2) is 18.2 Å². The van der Waals surface area contributed by atoms with Gasteiger partial charge in [0.05, 0.1) is 0 Å². The molecule has 0 bridgehead atoms. The molecule has 90 valence electrons. The quantitative estimate of drug-likeness (QED) is 0.843. The first kappa shape index (κ1) is 13.3. The highest BCUT2D eigenvalue weighted by atomic mass is 35.5. The second-order valence-corrected chi connectivity index (χ2v) is 3.70. The molecule has 16 heavy (non-hydrogen) atoms. The van der Waals surface area contributed by atoms with Gasteiger partial charge in [0.25, 0.3) is 6.43 Å². The molecule has 0 aliphatic carbocycles. The second-order valence-electron chi connectivity index (χ2n) is 3.27. The van der Waals surface area contributed by atoms with E-state index in [4.69, 9.17) is 16.7 Å². The summed E-state index contributed by atoms with van der Waals surface area (Å²) in [5, 5.41) is 11.6. The summed E-state index contributed by atoms with van der Waals surface area (Å²) in [6.07, 6.45) is -4.54. The lowest BCUT2D eigenvalue weighted by Gasteiger charge is -2.11. The van der Waals surface area contributed by atoms with Crippen molar-refractivity contribution >= 4 is 11.6 Å². The van der Waals surface area contributed by atoms with Crippen molar-refractivity contribution in [3.63, 3.8) is 0 Å². The highest BCUT2D eigenvalue weighted by Crippen LogP contribution is 2.14. The van der Waals surface area contributed by atoms with Crippen LogP contribution in [0.1, 0.15) is 5.56 Å². The number of hydrogen-bond acceptors (Lipinski definition) is 2. The Kier molecular flexibility index (Phi) is 5.05. The maximum atomic E-state index is 13.2. The fourth-order valence-electron chi connectivity index (χ4n) is 1.11. The van der Waals surface area contributed by atoms with E-state index in [2.05, 4.69) is 5.32 Å².